The van der Waals surface area contributed by atoms with Gasteiger partial charge in [0, 0.05) is 19.0 Å². The third kappa shape index (κ3) is 3.09. The molecule has 1 fully saturated rings. The van der Waals surface area contributed by atoms with Crippen molar-refractivity contribution in [2.45, 2.75) is 44.7 Å². The van der Waals surface area contributed by atoms with Crippen molar-refractivity contribution in [3.8, 4) is 0 Å². The Morgan fingerprint density at radius 1 is 1.29 bits per heavy atom. The molecule has 1 saturated carbocycles. The molecule has 0 saturated heterocycles. The van der Waals surface area contributed by atoms with Crippen molar-refractivity contribution < 1.29 is 12.9 Å². The number of rotatable bonds is 5. The summed E-state index contributed by atoms with van der Waals surface area (Å²) in [4.78, 5) is 4.31. The van der Waals surface area contributed by atoms with E-state index in [4.69, 9.17) is 4.52 Å². The molecule has 0 bridgehead atoms. The normalized spacial score (nSPS) is 19.9. The van der Waals surface area contributed by atoms with Crippen molar-refractivity contribution in [3.05, 3.63) is 47.1 Å². The highest BCUT2D eigenvalue weighted by Crippen LogP contribution is 2.38. The number of fused-ring (bicyclic) bond motifs is 1. The molecule has 0 radical (unpaired) electrons. The number of hydrogen-bond donors (Lipinski definition) is 1. The summed E-state index contributed by atoms with van der Waals surface area (Å²) in [5.74, 6) is 1.38. The smallest absolute Gasteiger partial charge is 0.280 e. The maximum absolute atomic E-state index is 12.7. The lowest BCUT2D eigenvalue weighted by Crippen LogP contribution is -2.44. The molecule has 1 aliphatic heterocycles. The molecule has 7 nitrogen and oxygen atoms in total. The van der Waals surface area contributed by atoms with E-state index in [1.54, 1.807) is 6.92 Å². The Hall–Kier alpha value is -1.77. The monoisotopic (exact) mass is 348 g/mol. The van der Waals surface area contributed by atoms with Crippen LogP contribution in [0.5, 0.6) is 0 Å². The van der Waals surface area contributed by atoms with Crippen LogP contribution in [-0.2, 0) is 23.2 Å². The second-order valence-corrected chi connectivity index (χ2v) is 8.16. The lowest BCUT2D eigenvalue weighted by Gasteiger charge is -2.28. The van der Waals surface area contributed by atoms with E-state index in [0.29, 0.717) is 30.7 Å². The maximum atomic E-state index is 12.7. The van der Waals surface area contributed by atoms with E-state index < -0.39 is 16.3 Å². The molecule has 0 spiro atoms. The Bertz CT molecular complexity index is 845. The largest absolute Gasteiger partial charge is 0.338 e. The molecule has 0 amide bonds. The molecule has 4 rings (SSSR count). The zero-order valence-corrected chi connectivity index (χ0v) is 14.3. The molecular formula is C16H20N4O3S. The topological polar surface area (TPSA) is 88.3 Å². The average molecular weight is 348 g/mol. The quantitative estimate of drug-likeness (QED) is 0.891. The minimum Gasteiger partial charge on any atom is -0.338 e. The van der Waals surface area contributed by atoms with Crippen molar-refractivity contribution in [1.82, 2.24) is 19.2 Å². The number of aromatic nitrogens is 2. The van der Waals surface area contributed by atoms with Crippen LogP contribution in [0.25, 0.3) is 0 Å². The van der Waals surface area contributed by atoms with Gasteiger partial charge in [-0.3, -0.25) is 0 Å². The van der Waals surface area contributed by atoms with E-state index in [0.717, 1.165) is 24.8 Å². The molecule has 2 aliphatic rings. The van der Waals surface area contributed by atoms with Gasteiger partial charge in [0.1, 0.15) is 0 Å². The van der Waals surface area contributed by atoms with Gasteiger partial charge in [-0.25, -0.2) is 0 Å². The zero-order valence-electron chi connectivity index (χ0n) is 13.5. The summed E-state index contributed by atoms with van der Waals surface area (Å²) in [6.45, 7) is 2.57. The first-order valence-electron chi connectivity index (χ1n) is 8.20. The van der Waals surface area contributed by atoms with Gasteiger partial charge >= 0.3 is 0 Å². The lowest BCUT2D eigenvalue weighted by atomic mass is 10.0. The highest BCUT2D eigenvalue weighted by atomic mass is 32.2. The van der Waals surface area contributed by atoms with Crippen molar-refractivity contribution >= 4 is 10.2 Å². The van der Waals surface area contributed by atoms with Crippen molar-refractivity contribution in [1.29, 1.82) is 0 Å². The van der Waals surface area contributed by atoms with Crippen molar-refractivity contribution in [2.24, 2.45) is 0 Å². The van der Waals surface area contributed by atoms with E-state index in [2.05, 4.69) is 14.9 Å². The molecule has 1 N–H and O–H groups in total. The van der Waals surface area contributed by atoms with Crippen LogP contribution in [0.1, 0.15) is 54.6 Å². The third-order valence-corrected chi connectivity index (χ3v) is 6.17. The van der Waals surface area contributed by atoms with Crippen molar-refractivity contribution in [2.75, 3.05) is 6.54 Å². The van der Waals surface area contributed by atoms with Crippen LogP contribution in [-0.4, -0.2) is 29.4 Å². The number of hydrogen-bond acceptors (Lipinski definition) is 5. The summed E-state index contributed by atoms with van der Waals surface area (Å²) >= 11 is 0. The van der Waals surface area contributed by atoms with Crippen LogP contribution in [0.4, 0.5) is 0 Å². The van der Waals surface area contributed by atoms with Gasteiger partial charge in [-0.2, -0.15) is 22.4 Å². The molecule has 1 aromatic carbocycles. The first-order chi connectivity index (χ1) is 11.5. The van der Waals surface area contributed by atoms with Crippen LogP contribution in [0, 0.1) is 0 Å². The van der Waals surface area contributed by atoms with Crippen LogP contribution in [0.2, 0.25) is 0 Å². The molecule has 2 aromatic rings. The lowest BCUT2D eigenvalue weighted by molar-refractivity contribution is 0.339. The van der Waals surface area contributed by atoms with Gasteiger partial charge in [0.25, 0.3) is 10.2 Å². The van der Waals surface area contributed by atoms with Crippen LogP contribution < -0.4 is 4.72 Å². The SMILES string of the molecule is C[C@@H](NS(=O)(=O)N1CCc2ccccc2C1)c1nc(C2CC2)no1. The van der Waals surface area contributed by atoms with E-state index in [-0.39, 0.29) is 0 Å². The summed E-state index contributed by atoms with van der Waals surface area (Å²) in [6, 6.07) is 7.39. The summed E-state index contributed by atoms with van der Waals surface area (Å²) in [5, 5.41) is 3.94. The van der Waals surface area contributed by atoms with Gasteiger partial charge < -0.3 is 4.52 Å². The van der Waals surface area contributed by atoms with E-state index in [1.165, 1.54) is 9.87 Å². The van der Waals surface area contributed by atoms with Gasteiger partial charge in [0.15, 0.2) is 5.82 Å². The average Bonchev–Trinajstić information content (AvgIpc) is 3.30. The molecule has 1 atom stereocenters. The minimum atomic E-state index is -3.61. The van der Waals surface area contributed by atoms with Gasteiger partial charge in [-0.05, 0) is 37.3 Å². The molecule has 24 heavy (non-hydrogen) atoms. The predicted molar refractivity (Wildman–Crippen MR) is 87.3 cm³/mol. The fourth-order valence-corrected chi connectivity index (χ4v) is 4.29. The van der Waals surface area contributed by atoms with Gasteiger partial charge in [-0.1, -0.05) is 29.4 Å². The first kappa shape index (κ1) is 15.7. The Labute approximate surface area is 141 Å². The van der Waals surface area contributed by atoms with E-state index in [9.17, 15) is 8.42 Å². The summed E-state index contributed by atoms with van der Waals surface area (Å²) in [7, 11) is -3.61. The Balaban J connectivity index is 1.46. The standard InChI is InChI=1S/C16H20N4O3S/c1-11(16-17-15(18-23-16)13-6-7-13)19-24(21,22)20-9-8-12-4-2-3-5-14(12)10-20/h2-5,11,13,19H,6-10H2,1H3/t11-/m1/s1. The summed E-state index contributed by atoms with van der Waals surface area (Å²) in [5.41, 5.74) is 2.26. The molecule has 2 heterocycles. The highest BCUT2D eigenvalue weighted by Gasteiger charge is 2.32. The van der Waals surface area contributed by atoms with Gasteiger partial charge in [0.05, 0.1) is 6.04 Å². The van der Waals surface area contributed by atoms with Crippen LogP contribution in [0.3, 0.4) is 0 Å². The maximum Gasteiger partial charge on any atom is 0.280 e. The number of nitrogens with one attached hydrogen (secondary N) is 1. The predicted octanol–water partition coefficient (Wildman–Crippen LogP) is 1.90. The first-order valence-corrected chi connectivity index (χ1v) is 9.64. The molecule has 1 aromatic heterocycles. The summed E-state index contributed by atoms with van der Waals surface area (Å²) < 4.78 is 34.6. The fraction of sp³-hybridized carbons (Fsp3) is 0.500. The Kier molecular flexibility index (Phi) is 3.90. The highest BCUT2D eigenvalue weighted by molar-refractivity contribution is 7.87. The second kappa shape index (κ2) is 5.94. The zero-order chi connectivity index (χ0) is 16.7. The molecule has 0 unspecified atom stereocenters. The van der Waals surface area contributed by atoms with Crippen LogP contribution >= 0.6 is 0 Å². The Morgan fingerprint density at radius 2 is 2.04 bits per heavy atom. The minimum absolute atomic E-state index is 0.317. The fourth-order valence-electron chi connectivity index (χ4n) is 2.95. The Morgan fingerprint density at radius 3 is 2.79 bits per heavy atom. The molecule has 128 valence electrons. The molecule has 1 aliphatic carbocycles. The van der Waals surface area contributed by atoms with Gasteiger partial charge in [0.2, 0.25) is 5.89 Å². The summed E-state index contributed by atoms with van der Waals surface area (Å²) in [6.07, 6.45) is 2.87. The van der Waals surface area contributed by atoms with E-state index >= 15 is 0 Å². The van der Waals surface area contributed by atoms with E-state index in [1.807, 2.05) is 24.3 Å². The number of benzene rings is 1. The second-order valence-electron chi connectivity index (χ2n) is 6.46. The van der Waals surface area contributed by atoms with Gasteiger partial charge in [-0.15, -0.1) is 0 Å². The molecular weight excluding hydrogens is 328 g/mol. The van der Waals surface area contributed by atoms with Crippen LogP contribution in [0.15, 0.2) is 28.8 Å². The molecule has 8 heteroatoms. The third-order valence-electron chi connectivity index (χ3n) is 4.53. The van der Waals surface area contributed by atoms with Crippen molar-refractivity contribution in [3.63, 3.8) is 0 Å². The number of nitrogens with zero attached hydrogens (tertiary/aromatic N) is 3.